The van der Waals surface area contributed by atoms with Crippen LogP contribution in [0.5, 0.6) is 0 Å². The van der Waals surface area contributed by atoms with Crippen LogP contribution < -0.4 is 11.1 Å². The lowest BCUT2D eigenvalue weighted by molar-refractivity contribution is 0.685. The van der Waals surface area contributed by atoms with Crippen LogP contribution in [-0.4, -0.2) is 17.5 Å². The predicted molar refractivity (Wildman–Crippen MR) is 69.5 cm³/mol. The van der Waals surface area contributed by atoms with Gasteiger partial charge in [-0.3, -0.25) is 0 Å². The number of nitrogens with one attached hydrogen (secondary N) is 1. The number of rotatable bonds is 2. The maximum absolute atomic E-state index is 8.89. The van der Waals surface area contributed by atoms with Crippen molar-refractivity contribution in [2.45, 2.75) is 18.9 Å². The van der Waals surface area contributed by atoms with E-state index in [0.29, 0.717) is 17.3 Å². The molecule has 1 aromatic rings. The van der Waals surface area contributed by atoms with Crippen LogP contribution in [0.2, 0.25) is 0 Å². The summed E-state index contributed by atoms with van der Waals surface area (Å²) in [7, 11) is 0. The minimum atomic E-state index is 0.481. The van der Waals surface area contributed by atoms with Crippen LogP contribution in [0.15, 0.2) is 18.2 Å². The highest BCUT2D eigenvalue weighted by atomic mass is 32.2. The van der Waals surface area contributed by atoms with Gasteiger partial charge in [-0.15, -0.1) is 0 Å². The average Bonchev–Trinajstić information content (AvgIpc) is 2.33. The van der Waals surface area contributed by atoms with Crippen LogP contribution in [0, 0.1) is 11.3 Å². The molecule has 0 aromatic heterocycles. The second kappa shape index (κ2) is 5.13. The maximum Gasteiger partial charge on any atom is 0.101 e. The minimum Gasteiger partial charge on any atom is -0.396 e. The fourth-order valence-corrected chi connectivity index (χ4v) is 2.94. The van der Waals surface area contributed by atoms with E-state index in [1.165, 1.54) is 18.6 Å². The van der Waals surface area contributed by atoms with E-state index in [2.05, 4.69) is 11.4 Å². The third-order valence-electron chi connectivity index (χ3n) is 2.75. The highest BCUT2D eigenvalue weighted by molar-refractivity contribution is 7.99. The molecule has 0 saturated carbocycles. The molecular weight excluding hydrogens is 218 g/mol. The molecular formula is C12H15N3S. The minimum absolute atomic E-state index is 0.481. The fourth-order valence-electron chi connectivity index (χ4n) is 1.86. The Hall–Kier alpha value is -1.34. The molecule has 0 bridgehead atoms. The summed E-state index contributed by atoms with van der Waals surface area (Å²) in [6, 6.07) is 8.14. The van der Waals surface area contributed by atoms with Gasteiger partial charge < -0.3 is 11.1 Å². The van der Waals surface area contributed by atoms with E-state index in [0.717, 1.165) is 11.4 Å². The first-order valence-corrected chi connectivity index (χ1v) is 6.59. The van der Waals surface area contributed by atoms with E-state index in [-0.39, 0.29) is 0 Å². The summed E-state index contributed by atoms with van der Waals surface area (Å²) in [6.45, 7) is 0. The molecule has 0 aliphatic carbocycles. The van der Waals surface area contributed by atoms with Crippen LogP contribution in [0.1, 0.15) is 18.4 Å². The molecule has 3 nitrogen and oxygen atoms in total. The summed E-state index contributed by atoms with van der Waals surface area (Å²) in [5.41, 5.74) is 7.93. The van der Waals surface area contributed by atoms with Crippen LogP contribution in [0.25, 0.3) is 0 Å². The normalized spacial score (nSPS) is 20.1. The monoisotopic (exact) mass is 233 g/mol. The number of hydrogen-bond donors (Lipinski definition) is 2. The number of para-hydroxylation sites is 1. The molecule has 1 aliphatic heterocycles. The van der Waals surface area contributed by atoms with E-state index in [1.807, 2.05) is 23.9 Å². The number of hydrogen-bond acceptors (Lipinski definition) is 4. The van der Waals surface area contributed by atoms with E-state index in [1.54, 1.807) is 6.07 Å². The van der Waals surface area contributed by atoms with Crippen molar-refractivity contribution in [3.63, 3.8) is 0 Å². The van der Waals surface area contributed by atoms with Crippen LogP contribution in [0.3, 0.4) is 0 Å². The van der Waals surface area contributed by atoms with Gasteiger partial charge >= 0.3 is 0 Å². The Morgan fingerprint density at radius 1 is 1.50 bits per heavy atom. The first kappa shape index (κ1) is 11.2. The summed E-state index contributed by atoms with van der Waals surface area (Å²) in [6.07, 6.45) is 2.43. The van der Waals surface area contributed by atoms with Crippen LogP contribution in [-0.2, 0) is 0 Å². The Kier molecular flexibility index (Phi) is 3.58. The van der Waals surface area contributed by atoms with Crippen molar-refractivity contribution in [3.05, 3.63) is 23.8 Å². The molecule has 1 unspecified atom stereocenters. The van der Waals surface area contributed by atoms with Gasteiger partial charge in [-0.2, -0.15) is 17.0 Å². The third-order valence-corrected chi connectivity index (χ3v) is 3.96. The molecule has 1 aromatic carbocycles. The number of anilines is 2. The van der Waals surface area contributed by atoms with Crippen molar-refractivity contribution >= 4 is 23.1 Å². The van der Waals surface area contributed by atoms with Crippen molar-refractivity contribution in [3.8, 4) is 6.07 Å². The Morgan fingerprint density at radius 2 is 2.38 bits per heavy atom. The Bertz CT molecular complexity index is 405. The van der Waals surface area contributed by atoms with Gasteiger partial charge in [0.15, 0.2) is 0 Å². The van der Waals surface area contributed by atoms with Gasteiger partial charge in [0.1, 0.15) is 6.07 Å². The lowest BCUT2D eigenvalue weighted by atomic mass is 10.1. The van der Waals surface area contributed by atoms with Crippen molar-refractivity contribution < 1.29 is 0 Å². The van der Waals surface area contributed by atoms with Crippen molar-refractivity contribution in [1.82, 2.24) is 0 Å². The fraction of sp³-hybridized carbons (Fsp3) is 0.417. The zero-order valence-corrected chi connectivity index (χ0v) is 9.89. The molecule has 16 heavy (non-hydrogen) atoms. The number of nitrogens with zero attached hydrogens (tertiary/aromatic N) is 1. The van der Waals surface area contributed by atoms with E-state index < -0.39 is 0 Å². The van der Waals surface area contributed by atoms with Gasteiger partial charge in [0, 0.05) is 11.8 Å². The molecule has 3 N–H and O–H groups in total. The Morgan fingerprint density at radius 3 is 3.06 bits per heavy atom. The predicted octanol–water partition coefficient (Wildman–Crippen LogP) is 2.45. The lowest BCUT2D eigenvalue weighted by Crippen LogP contribution is -2.26. The summed E-state index contributed by atoms with van der Waals surface area (Å²) < 4.78 is 0. The Labute approximate surface area is 100 Å². The zero-order valence-electron chi connectivity index (χ0n) is 9.07. The quantitative estimate of drug-likeness (QED) is 0.770. The smallest absolute Gasteiger partial charge is 0.101 e. The van der Waals surface area contributed by atoms with Gasteiger partial charge in [-0.25, -0.2) is 0 Å². The molecule has 1 heterocycles. The molecule has 1 aliphatic rings. The Balaban J connectivity index is 2.12. The topological polar surface area (TPSA) is 61.8 Å². The largest absolute Gasteiger partial charge is 0.396 e. The van der Waals surface area contributed by atoms with E-state index in [9.17, 15) is 0 Å². The number of thioether (sulfide) groups is 1. The first-order valence-electron chi connectivity index (χ1n) is 5.44. The number of benzene rings is 1. The highest BCUT2D eigenvalue weighted by Crippen LogP contribution is 2.26. The molecule has 0 amide bonds. The number of nitriles is 1. The van der Waals surface area contributed by atoms with Crippen molar-refractivity contribution in [2.75, 3.05) is 22.6 Å². The van der Waals surface area contributed by atoms with Gasteiger partial charge in [0.2, 0.25) is 0 Å². The average molecular weight is 233 g/mol. The summed E-state index contributed by atoms with van der Waals surface area (Å²) in [4.78, 5) is 0. The molecule has 1 saturated heterocycles. The molecule has 84 valence electrons. The van der Waals surface area contributed by atoms with Gasteiger partial charge in [0.05, 0.1) is 16.9 Å². The SMILES string of the molecule is N#Cc1cccc(NC2CCCSC2)c1N. The third kappa shape index (κ3) is 2.42. The molecule has 0 radical (unpaired) electrons. The summed E-state index contributed by atoms with van der Waals surface area (Å²) >= 11 is 1.97. The lowest BCUT2D eigenvalue weighted by Gasteiger charge is -2.24. The molecule has 1 atom stereocenters. The van der Waals surface area contributed by atoms with Crippen LogP contribution in [0.4, 0.5) is 11.4 Å². The summed E-state index contributed by atoms with van der Waals surface area (Å²) in [5, 5.41) is 12.3. The van der Waals surface area contributed by atoms with Gasteiger partial charge in [-0.1, -0.05) is 6.07 Å². The van der Waals surface area contributed by atoms with Gasteiger partial charge in [-0.05, 0) is 30.7 Å². The zero-order chi connectivity index (χ0) is 11.4. The van der Waals surface area contributed by atoms with Gasteiger partial charge in [0.25, 0.3) is 0 Å². The highest BCUT2D eigenvalue weighted by Gasteiger charge is 2.14. The number of nitrogen functional groups attached to an aromatic ring is 1. The summed E-state index contributed by atoms with van der Waals surface area (Å²) in [5.74, 6) is 2.38. The van der Waals surface area contributed by atoms with Crippen molar-refractivity contribution in [2.24, 2.45) is 0 Å². The van der Waals surface area contributed by atoms with Crippen molar-refractivity contribution in [1.29, 1.82) is 5.26 Å². The second-order valence-electron chi connectivity index (χ2n) is 3.94. The van der Waals surface area contributed by atoms with E-state index in [4.69, 9.17) is 11.0 Å². The first-order chi connectivity index (χ1) is 7.81. The van der Waals surface area contributed by atoms with E-state index >= 15 is 0 Å². The molecule has 1 fully saturated rings. The maximum atomic E-state index is 8.89. The molecule has 0 spiro atoms. The second-order valence-corrected chi connectivity index (χ2v) is 5.09. The number of nitrogens with two attached hydrogens (primary N) is 1. The molecule has 4 heteroatoms. The van der Waals surface area contributed by atoms with Crippen LogP contribution >= 0.6 is 11.8 Å². The standard InChI is InChI=1S/C12H15N3S/c13-7-9-3-1-5-11(12(9)14)15-10-4-2-6-16-8-10/h1,3,5,10,15H,2,4,6,8,14H2. The molecule has 2 rings (SSSR count).